The summed E-state index contributed by atoms with van der Waals surface area (Å²) in [6.07, 6.45) is 2.16. The van der Waals surface area contributed by atoms with Crippen LogP contribution >= 0.6 is 0 Å². The zero-order chi connectivity index (χ0) is 18.7. The SMILES string of the molecule is Cc1cc(F)ccc1-n1cc(O)c(C(=O)NCC(CO)C2CCOC2)n1. The minimum Gasteiger partial charge on any atom is -0.504 e. The molecule has 1 saturated heterocycles. The summed E-state index contributed by atoms with van der Waals surface area (Å²) < 4.78 is 19.9. The average Bonchev–Trinajstić information content (AvgIpc) is 3.25. The third kappa shape index (κ3) is 3.86. The highest BCUT2D eigenvalue weighted by molar-refractivity contribution is 5.94. The first-order valence-electron chi connectivity index (χ1n) is 8.51. The lowest BCUT2D eigenvalue weighted by Crippen LogP contribution is -2.35. The molecule has 0 spiro atoms. The number of benzene rings is 1. The number of rotatable bonds is 6. The summed E-state index contributed by atoms with van der Waals surface area (Å²) in [4.78, 5) is 12.4. The fraction of sp³-hybridized carbons (Fsp3) is 0.444. The van der Waals surface area contributed by atoms with E-state index in [0.717, 1.165) is 6.42 Å². The van der Waals surface area contributed by atoms with Crippen molar-refractivity contribution in [2.45, 2.75) is 13.3 Å². The fourth-order valence-corrected chi connectivity index (χ4v) is 3.14. The van der Waals surface area contributed by atoms with Crippen molar-refractivity contribution in [2.75, 3.05) is 26.4 Å². The van der Waals surface area contributed by atoms with Crippen molar-refractivity contribution in [3.8, 4) is 11.4 Å². The predicted molar refractivity (Wildman–Crippen MR) is 91.8 cm³/mol. The van der Waals surface area contributed by atoms with E-state index in [1.165, 1.54) is 29.1 Å². The van der Waals surface area contributed by atoms with E-state index in [9.17, 15) is 19.4 Å². The number of carbonyl (C=O) groups excluding carboxylic acids is 1. The molecule has 0 saturated carbocycles. The summed E-state index contributed by atoms with van der Waals surface area (Å²) in [7, 11) is 0. The number of aryl methyl sites for hydroxylation is 1. The van der Waals surface area contributed by atoms with Gasteiger partial charge in [-0.25, -0.2) is 9.07 Å². The van der Waals surface area contributed by atoms with Crippen LogP contribution < -0.4 is 5.32 Å². The first-order chi connectivity index (χ1) is 12.5. The minimum atomic E-state index is -0.529. The number of hydrogen-bond donors (Lipinski definition) is 3. The highest BCUT2D eigenvalue weighted by Gasteiger charge is 2.26. The predicted octanol–water partition coefficient (Wildman–Crippen LogP) is 1.40. The van der Waals surface area contributed by atoms with Crippen LogP contribution in [-0.4, -0.2) is 52.3 Å². The van der Waals surface area contributed by atoms with Gasteiger partial charge in [-0.15, -0.1) is 0 Å². The molecule has 1 aromatic heterocycles. The van der Waals surface area contributed by atoms with Crippen LogP contribution in [-0.2, 0) is 4.74 Å². The van der Waals surface area contributed by atoms with E-state index in [1.807, 2.05) is 0 Å². The molecule has 140 valence electrons. The zero-order valence-corrected chi connectivity index (χ0v) is 14.5. The van der Waals surface area contributed by atoms with Crippen molar-refractivity contribution in [3.63, 3.8) is 0 Å². The summed E-state index contributed by atoms with van der Waals surface area (Å²) in [5.74, 6) is -1.07. The van der Waals surface area contributed by atoms with Gasteiger partial charge in [-0.2, -0.15) is 5.10 Å². The number of aromatic hydroxyl groups is 1. The van der Waals surface area contributed by atoms with Gasteiger partial charge >= 0.3 is 0 Å². The Morgan fingerprint density at radius 3 is 3.00 bits per heavy atom. The van der Waals surface area contributed by atoms with Gasteiger partial charge in [-0.3, -0.25) is 4.79 Å². The number of hydrogen-bond acceptors (Lipinski definition) is 5. The second-order valence-corrected chi connectivity index (χ2v) is 6.51. The molecule has 1 aliphatic rings. The van der Waals surface area contributed by atoms with Gasteiger partial charge in [0, 0.05) is 32.3 Å². The van der Waals surface area contributed by atoms with Gasteiger partial charge in [0.25, 0.3) is 5.91 Å². The summed E-state index contributed by atoms with van der Waals surface area (Å²) in [6.45, 7) is 3.17. The van der Waals surface area contributed by atoms with Crippen LogP contribution in [0.1, 0.15) is 22.5 Å². The summed E-state index contributed by atoms with van der Waals surface area (Å²) in [5, 5.41) is 26.4. The number of aliphatic hydroxyl groups is 1. The molecule has 2 aromatic rings. The number of halogens is 1. The molecular weight excluding hydrogens is 341 g/mol. The van der Waals surface area contributed by atoms with Gasteiger partial charge in [0.1, 0.15) is 5.82 Å². The maximum absolute atomic E-state index is 13.2. The fourth-order valence-electron chi connectivity index (χ4n) is 3.14. The maximum atomic E-state index is 13.2. The Labute approximate surface area is 150 Å². The Hall–Kier alpha value is -2.45. The Morgan fingerprint density at radius 2 is 2.35 bits per heavy atom. The van der Waals surface area contributed by atoms with Crippen molar-refractivity contribution in [2.24, 2.45) is 11.8 Å². The molecule has 2 heterocycles. The van der Waals surface area contributed by atoms with Gasteiger partial charge in [0.05, 0.1) is 11.9 Å². The van der Waals surface area contributed by atoms with Crippen LogP contribution in [0.3, 0.4) is 0 Å². The van der Waals surface area contributed by atoms with Gasteiger partial charge in [0.15, 0.2) is 11.4 Å². The van der Waals surface area contributed by atoms with E-state index >= 15 is 0 Å². The van der Waals surface area contributed by atoms with Crippen molar-refractivity contribution in [3.05, 3.63) is 41.5 Å². The third-order valence-electron chi connectivity index (χ3n) is 4.71. The molecule has 3 N–H and O–H groups in total. The van der Waals surface area contributed by atoms with Crippen LogP contribution in [0.4, 0.5) is 4.39 Å². The molecule has 1 fully saturated rings. The molecule has 7 nitrogen and oxygen atoms in total. The number of nitrogens with zero attached hydrogens (tertiary/aromatic N) is 2. The second kappa shape index (κ2) is 7.84. The number of nitrogens with one attached hydrogen (secondary N) is 1. The maximum Gasteiger partial charge on any atom is 0.275 e. The Kier molecular flexibility index (Phi) is 5.53. The van der Waals surface area contributed by atoms with Crippen molar-refractivity contribution >= 4 is 5.91 Å². The molecule has 1 aromatic carbocycles. The molecule has 2 unspecified atom stereocenters. The van der Waals surface area contributed by atoms with Gasteiger partial charge < -0.3 is 20.3 Å². The zero-order valence-electron chi connectivity index (χ0n) is 14.5. The lowest BCUT2D eigenvalue weighted by molar-refractivity contribution is 0.0910. The van der Waals surface area contributed by atoms with E-state index < -0.39 is 5.91 Å². The van der Waals surface area contributed by atoms with Crippen LogP contribution in [0.15, 0.2) is 24.4 Å². The quantitative estimate of drug-likeness (QED) is 0.721. The Morgan fingerprint density at radius 1 is 1.54 bits per heavy atom. The standard InChI is InChI=1S/C18H22FN3O4/c1-11-6-14(19)2-3-15(11)22-8-16(24)17(21-22)18(25)20-7-13(9-23)12-4-5-26-10-12/h2-3,6,8,12-13,23-24H,4-5,7,9-10H2,1H3,(H,20,25). The first-order valence-corrected chi connectivity index (χ1v) is 8.51. The highest BCUT2D eigenvalue weighted by atomic mass is 19.1. The smallest absolute Gasteiger partial charge is 0.275 e. The van der Waals surface area contributed by atoms with Gasteiger partial charge in [-0.1, -0.05) is 0 Å². The van der Waals surface area contributed by atoms with Crippen molar-refractivity contribution in [1.82, 2.24) is 15.1 Å². The number of aromatic nitrogens is 2. The summed E-state index contributed by atoms with van der Waals surface area (Å²) >= 11 is 0. The molecule has 3 rings (SSSR count). The molecular formula is C18H22FN3O4. The molecule has 0 bridgehead atoms. The van der Waals surface area contributed by atoms with Crippen LogP contribution in [0.5, 0.6) is 5.75 Å². The topological polar surface area (TPSA) is 96.6 Å². The molecule has 0 aliphatic carbocycles. The number of ether oxygens (including phenoxy) is 1. The Balaban J connectivity index is 1.70. The number of carbonyl (C=O) groups is 1. The van der Waals surface area contributed by atoms with Gasteiger partial charge in [0.2, 0.25) is 0 Å². The lowest BCUT2D eigenvalue weighted by Gasteiger charge is -2.20. The average molecular weight is 363 g/mol. The lowest BCUT2D eigenvalue weighted by atomic mass is 9.92. The third-order valence-corrected chi connectivity index (χ3v) is 4.71. The van der Waals surface area contributed by atoms with E-state index in [2.05, 4.69) is 10.4 Å². The van der Waals surface area contributed by atoms with Crippen molar-refractivity contribution < 1.29 is 24.1 Å². The normalized spacial score (nSPS) is 18.0. The van der Waals surface area contributed by atoms with E-state index in [1.54, 1.807) is 6.92 Å². The molecule has 26 heavy (non-hydrogen) atoms. The monoisotopic (exact) mass is 363 g/mol. The molecule has 1 aliphatic heterocycles. The van der Waals surface area contributed by atoms with E-state index in [-0.39, 0.29) is 42.2 Å². The van der Waals surface area contributed by atoms with Crippen molar-refractivity contribution in [1.29, 1.82) is 0 Å². The van der Waals surface area contributed by atoms with E-state index in [4.69, 9.17) is 4.74 Å². The summed E-state index contributed by atoms with van der Waals surface area (Å²) in [6, 6.07) is 4.17. The number of amides is 1. The van der Waals surface area contributed by atoms with Crippen LogP contribution in [0.25, 0.3) is 5.69 Å². The minimum absolute atomic E-state index is 0.0521. The van der Waals surface area contributed by atoms with Crippen LogP contribution in [0, 0.1) is 24.6 Å². The summed E-state index contributed by atoms with van der Waals surface area (Å²) in [5.41, 5.74) is 1.08. The largest absolute Gasteiger partial charge is 0.504 e. The van der Waals surface area contributed by atoms with Crippen LogP contribution in [0.2, 0.25) is 0 Å². The molecule has 2 atom stereocenters. The van der Waals surface area contributed by atoms with E-state index in [0.29, 0.717) is 24.5 Å². The molecule has 1 amide bonds. The first kappa shape index (κ1) is 18.3. The number of aliphatic hydroxyl groups excluding tert-OH is 1. The highest BCUT2D eigenvalue weighted by Crippen LogP contribution is 2.23. The molecule has 8 heteroatoms. The molecule has 0 radical (unpaired) electrons. The second-order valence-electron chi connectivity index (χ2n) is 6.51. The van der Waals surface area contributed by atoms with Gasteiger partial charge in [-0.05, 0) is 43.0 Å². The Bertz CT molecular complexity index is 787.